The van der Waals surface area contributed by atoms with Gasteiger partial charge in [0.15, 0.2) is 0 Å². The smallest absolute Gasteiger partial charge is 0.242 e. The predicted octanol–water partition coefficient (Wildman–Crippen LogP) is -0.647. The molecule has 2 aliphatic rings. The van der Waals surface area contributed by atoms with E-state index in [1.807, 2.05) is 4.90 Å². The molecule has 0 saturated carbocycles. The number of carbonyl (C=O) groups excluding carboxylic acids is 1. The number of hydrogen-bond acceptors (Lipinski definition) is 4. The number of carbonyl (C=O) groups is 1. The summed E-state index contributed by atoms with van der Waals surface area (Å²) in [5, 5.41) is 0. The Morgan fingerprint density at radius 3 is 2.20 bits per heavy atom. The van der Waals surface area contributed by atoms with Crippen LogP contribution in [0, 0.1) is 0 Å². The third kappa shape index (κ3) is 2.30. The average Bonchev–Trinajstić information content (AvgIpc) is 2.30. The van der Waals surface area contributed by atoms with Crippen LogP contribution in [0.15, 0.2) is 0 Å². The van der Waals surface area contributed by atoms with Gasteiger partial charge < -0.3 is 20.1 Å². The zero-order chi connectivity index (χ0) is 10.7. The third-order valence-corrected chi connectivity index (χ3v) is 3.11. The zero-order valence-corrected chi connectivity index (χ0v) is 8.91. The van der Waals surface area contributed by atoms with E-state index in [9.17, 15) is 4.79 Å². The molecule has 15 heavy (non-hydrogen) atoms. The van der Waals surface area contributed by atoms with E-state index in [-0.39, 0.29) is 5.91 Å². The summed E-state index contributed by atoms with van der Waals surface area (Å²) in [7, 11) is 0. The minimum atomic E-state index is -0.699. The maximum Gasteiger partial charge on any atom is 0.242 e. The van der Waals surface area contributed by atoms with Crippen LogP contribution in [0.1, 0.15) is 12.8 Å². The van der Waals surface area contributed by atoms with Gasteiger partial charge in [0.25, 0.3) is 0 Å². The zero-order valence-electron chi connectivity index (χ0n) is 8.91. The first-order valence-electron chi connectivity index (χ1n) is 5.46. The summed E-state index contributed by atoms with van der Waals surface area (Å²) in [6, 6.07) is 0. The predicted molar refractivity (Wildman–Crippen MR) is 54.4 cm³/mol. The Bertz CT molecular complexity index is 233. The van der Waals surface area contributed by atoms with Crippen molar-refractivity contribution in [2.24, 2.45) is 5.73 Å². The first-order chi connectivity index (χ1) is 7.22. The highest BCUT2D eigenvalue weighted by atomic mass is 16.5. The Morgan fingerprint density at radius 2 is 1.60 bits per heavy atom. The SMILES string of the molecule is NC1(C(=O)N2CCOCC2)CCOCC1. The highest BCUT2D eigenvalue weighted by molar-refractivity contribution is 5.86. The van der Waals surface area contributed by atoms with Gasteiger partial charge >= 0.3 is 0 Å². The molecule has 2 saturated heterocycles. The molecule has 2 aliphatic heterocycles. The second-order valence-corrected chi connectivity index (χ2v) is 4.17. The van der Waals surface area contributed by atoms with Crippen molar-refractivity contribution >= 4 is 5.91 Å². The summed E-state index contributed by atoms with van der Waals surface area (Å²) in [6.07, 6.45) is 1.26. The first-order valence-corrected chi connectivity index (χ1v) is 5.46. The highest BCUT2D eigenvalue weighted by Gasteiger charge is 2.39. The lowest BCUT2D eigenvalue weighted by Crippen LogP contribution is -2.59. The molecule has 2 N–H and O–H groups in total. The van der Waals surface area contributed by atoms with Crippen LogP contribution in [0.2, 0.25) is 0 Å². The van der Waals surface area contributed by atoms with Crippen LogP contribution in [0.3, 0.4) is 0 Å². The van der Waals surface area contributed by atoms with Gasteiger partial charge in [0.1, 0.15) is 0 Å². The van der Waals surface area contributed by atoms with Gasteiger partial charge in [-0.05, 0) is 12.8 Å². The molecule has 0 bridgehead atoms. The Hall–Kier alpha value is -0.650. The molecule has 1 amide bonds. The lowest BCUT2D eigenvalue weighted by atomic mass is 9.89. The Balaban J connectivity index is 1.98. The normalized spacial score (nSPS) is 26.3. The van der Waals surface area contributed by atoms with Crippen LogP contribution in [-0.2, 0) is 14.3 Å². The summed E-state index contributed by atoms with van der Waals surface area (Å²) < 4.78 is 10.4. The summed E-state index contributed by atoms with van der Waals surface area (Å²) >= 11 is 0. The lowest BCUT2D eigenvalue weighted by molar-refractivity contribution is -0.144. The summed E-state index contributed by atoms with van der Waals surface area (Å²) in [4.78, 5) is 14.0. The molecule has 0 aromatic rings. The van der Waals surface area contributed by atoms with E-state index in [1.54, 1.807) is 0 Å². The second-order valence-electron chi connectivity index (χ2n) is 4.17. The number of nitrogens with two attached hydrogens (primary N) is 1. The molecule has 0 radical (unpaired) electrons. The number of morpholine rings is 1. The van der Waals surface area contributed by atoms with Gasteiger partial charge in [0, 0.05) is 26.3 Å². The van der Waals surface area contributed by atoms with Crippen molar-refractivity contribution < 1.29 is 14.3 Å². The van der Waals surface area contributed by atoms with Gasteiger partial charge in [-0.3, -0.25) is 4.79 Å². The summed E-state index contributed by atoms with van der Waals surface area (Å²) in [5.74, 6) is 0.0640. The number of ether oxygens (including phenoxy) is 2. The van der Waals surface area contributed by atoms with Crippen molar-refractivity contribution in [2.45, 2.75) is 18.4 Å². The Labute approximate surface area is 89.5 Å². The molecule has 0 aromatic carbocycles. The Kier molecular flexibility index (Phi) is 3.23. The fraction of sp³-hybridized carbons (Fsp3) is 0.900. The number of nitrogens with zero attached hydrogens (tertiary/aromatic N) is 1. The number of amides is 1. The van der Waals surface area contributed by atoms with E-state index >= 15 is 0 Å². The number of hydrogen-bond donors (Lipinski definition) is 1. The Morgan fingerprint density at radius 1 is 1.07 bits per heavy atom. The molecule has 86 valence electrons. The van der Waals surface area contributed by atoms with Gasteiger partial charge in [0.05, 0.1) is 18.8 Å². The van der Waals surface area contributed by atoms with Crippen LogP contribution in [0.4, 0.5) is 0 Å². The van der Waals surface area contributed by atoms with Crippen molar-refractivity contribution in [3.05, 3.63) is 0 Å². The molecule has 5 nitrogen and oxygen atoms in total. The van der Waals surface area contributed by atoms with Gasteiger partial charge in [-0.15, -0.1) is 0 Å². The molecule has 5 heteroatoms. The van der Waals surface area contributed by atoms with Crippen LogP contribution in [0.25, 0.3) is 0 Å². The average molecular weight is 214 g/mol. The topological polar surface area (TPSA) is 64.8 Å². The monoisotopic (exact) mass is 214 g/mol. The van der Waals surface area contributed by atoms with Gasteiger partial charge in [-0.2, -0.15) is 0 Å². The molecule has 0 aliphatic carbocycles. The van der Waals surface area contributed by atoms with Gasteiger partial charge in [-0.25, -0.2) is 0 Å². The molecule has 0 aromatic heterocycles. The van der Waals surface area contributed by atoms with Crippen molar-refractivity contribution in [1.82, 2.24) is 4.90 Å². The standard InChI is InChI=1S/C10H18N2O3/c11-10(1-5-14-6-2-10)9(13)12-3-7-15-8-4-12/h1-8,11H2. The third-order valence-electron chi connectivity index (χ3n) is 3.11. The second kappa shape index (κ2) is 4.47. The molecule has 0 spiro atoms. The maximum absolute atomic E-state index is 12.2. The van der Waals surface area contributed by atoms with E-state index in [1.165, 1.54) is 0 Å². The van der Waals surface area contributed by atoms with Crippen molar-refractivity contribution in [2.75, 3.05) is 39.5 Å². The molecule has 0 unspecified atom stereocenters. The van der Waals surface area contributed by atoms with E-state index in [2.05, 4.69) is 0 Å². The van der Waals surface area contributed by atoms with Gasteiger partial charge in [-0.1, -0.05) is 0 Å². The molecule has 2 heterocycles. The van der Waals surface area contributed by atoms with Crippen molar-refractivity contribution in [3.63, 3.8) is 0 Å². The highest BCUT2D eigenvalue weighted by Crippen LogP contribution is 2.20. The summed E-state index contributed by atoms with van der Waals surface area (Å²) in [6.45, 7) is 3.76. The molecule has 2 fully saturated rings. The van der Waals surface area contributed by atoms with Crippen molar-refractivity contribution in [3.8, 4) is 0 Å². The van der Waals surface area contributed by atoms with E-state index < -0.39 is 5.54 Å². The fourth-order valence-corrected chi connectivity index (χ4v) is 2.03. The van der Waals surface area contributed by atoms with E-state index in [0.717, 1.165) is 0 Å². The lowest BCUT2D eigenvalue weighted by Gasteiger charge is -2.38. The number of rotatable bonds is 1. The van der Waals surface area contributed by atoms with Crippen molar-refractivity contribution in [1.29, 1.82) is 0 Å². The minimum absolute atomic E-state index is 0.0640. The summed E-state index contributed by atoms with van der Waals surface area (Å²) in [5.41, 5.74) is 5.42. The molecule has 2 rings (SSSR count). The van der Waals surface area contributed by atoms with E-state index in [4.69, 9.17) is 15.2 Å². The first kappa shape index (κ1) is 10.9. The van der Waals surface area contributed by atoms with Crippen LogP contribution < -0.4 is 5.73 Å². The molecular formula is C10H18N2O3. The van der Waals surface area contributed by atoms with Gasteiger partial charge in [0.2, 0.25) is 5.91 Å². The molecule has 0 atom stereocenters. The molecular weight excluding hydrogens is 196 g/mol. The van der Waals surface area contributed by atoms with Crippen LogP contribution in [0.5, 0.6) is 0 Å². The van der Waals surface area contributed by atoms with E-state index in [0.29, 0.717) is 52.4 Å². The fourth-order valence-electron chi connectivity index (χ4n) is 2.03. The van der Waals surface area contributed by atoms with Crippen LogP contribution >= 0.6 is 0 Å². The van der Waals surface area contributed by atoms with Crippen LogP contribution in [-0.4, -0.2) is 55.9 Å². The quantitative estimate of drug-likeness (QED) is 0.630. The minimum Gasteiger partial charge on any atom is -0.381 e. The maximum atomic E-state index is 12.2. The largest absolute Gasteiger partial charge is 0.381 e.